The van der Waals surface area contributed by atoms with Crippen LogP contribution in [0, 0.1) is 16.7 Å². The molecule has 0 radical (unpaired) electrons. The average molecular weight is 328 g/mol. The minimum Gasteiger partial charge on any atom is -0.497 e. The van der Waals surface area contributed by atoms with Gasteiger partial charge in [-0.1, -0.05) is 13.0 Å². The third-order valence-electron chi connectivity index (χ3n) is 8.74. The molecule has 4 aliphatic rings. The molecule has 3 fully saturated rings. The molecule has 6 atom stereocenters. The summed E-state index contributed by atoms with van der Waals surface area (Å²) in [5.41, 5.74) is 2.12. The normalized spacial score (nSPS) is 48.6. The second-order valence-corrected chi connectivity index (χ2v) is 8.99. The molecule has 0 saturated heterocycles. The van der Waals surface area contributed by atoms with Crippen molar-refractivity contribution in [1.29, 1.82) is 0 Å². The summed E-state index contributed by atoms with van der Waals surface area (Å²) in [6, 6.07) is 6.59. The number of ether oxygens (including phenoxy) is 1. The highest BCUT2D eigenvalue weighted by atomic mass is 16.5. The minimum absolute atomic E-state index is 0.107. The van der Waals surface area contributed by atoms with Crippen molar-refractivity contribution in [3.8, 4) is 5.75 Å². The number of fused-ring (bicyclic) bond motifs is 3. The van der Waals surface area contributed by atoms with Crippen LogP contribution in [-0.2, 0) is 6.42 Å². The summed E-state index contributed by atoms with van der Waals surface area (Å²) >= 11 is 0. The molecule has 3 nitrogen and oxygen atoms in total. The lowest BCUT2D eigenvalue weighted by molar-refractivity contribution is -0.129. The standard InChI is InChI=1S/C21H28O3/c1-19-8-7-16-15-5-4-14(24-2)11-13(15)3-6-17(16)20(19)9-10-21(19,23)18(22)12-20/h4-5,11,16-18,22-23H,3,6-10,12H2,1-2H3/t16-,17-,18-,19+,20+,21-/m1/s1. The average Bonchev–Trinajstić information content (AvgIpc) is 2.93. The molecule has 3 saturated carbocycles. The van der Waals surface area contributed by atoms with Crippen LogP contribution in [0.3, 0.4) is 0 Å². The van der Waals surface area contributed by atoms with E-state index in [0.29, 0.717) is 11.8 Å². The molecule has 24 heavy (non-hydrogen) atoms. The van der Waals surface area contributed by atoms with Gasteiger partial charge in [0, 0.05) is 5.41 Å². The maximum Gasteiger partial charge on any atom is 0.119 e. The molecule has 0 unspecified atom stereocenters. The molecule has 4 aliphatic carbocycles. The minimum atomic E-state index is -0.849. The van der Waals surface area contributed by atoms with E-state index in [1.165, 1.54) is 17.5 Å². The summed E-state index contributed by atoms with van der Waals surface area (Å²) in [5.74, 6) is 2.14. The molecule has 2 N–H and O–H groups in total. The Kier molecular flexibility index (Phi) is 2.89. The topological polar surface area (TPSA) is 49.7 Å². The molecular weight excluding hydrogens is 300 g/mol. The lowest BCUT2D eigenvalue weighted by atomic mass is 9.48. The Morgan fingerprint density at radius 2 is 2.00 bits per heavy atom. The molecule has 2 bridgehead atoms. The van der Waals surface area contributed by atoms with Gasteiger partial charge in [-0.3, -0.25) is 0 Å². The number of rotatable bonds is 1. The van der Waals surface area contributed by atoms with E-state index >= 15 is 0 Å². The molecule has 0 amide bonds. The first-order chi connectivity index (χ1) is 11.5. The highest BCUT2D eigenvalue weighted by molar-refractivity contribution is 5.42. The van der Waals surface area contributed by atoms with Gasteiger partial charge in [-0.15, -0.1) is 0 Å². The van der Waals surface area contributed by atoms with Crippen molar-refractivity contribution in [2.45, 2.75) is 69.5 Å². The number of aryl methyl sites for hydroxylation is 1. The number of methoxy groups -OCH3 is 1. The first-order valence-corrected chi connectivity index (χ1v) is 9.52. The monoisotopic (exact) mass is 328 g/mol. The van der Waals surface area contributed by atoms with Gasteiger partial charge < -0.3 is 14.9 Å². The summed E-state index contributed by atoms with van der Waals surface area (Å²) in [7, 11) is 1.73. The Labute approximate surface area is 144 Å². The number of benzene rings is 1. The van der Waals surface area contributed by atoms with E-state index in [0.717, 1.165) is 44.3 Å². The van der Waals surface area contributed by atoms with E-state index in [2.05, 4.69) is 25.1 Å². The van der Waals surface area contributed by atoms with E-state index in [4.69, 9.17) is 4.74 Å². The zero-order valence-corrected chi connectivity index (χ0v) is 14.7. The zero-order chi connectivity index (χ0) is 16.7. The van der Waals surface area contributed by atoms with Gasteiger partial charge in [0.2, 0.25) is 0 Å². The first-order valence-electron chi connectivity index (χ1n) is 9.52. The number of aliphatic hydroxyl groups excluding tert-OH is 1. The van der Waals surface area contributed by atoms with Crippen molar-refractivity contribution in [2.75, 3.05) is 7.11 Å². The molecule has 0 aromatic heterocycles. The number of aliphatic hydroxyl groups is 2. The highest BCUT2D eigenvalue weighted by Crippen LogP contribution is 2.77. The van der Waals surface area contributed by atoms with Gasteiger partial charge in [-0.05, 0) is 85.5 Å². The largest absolute Gasteiger partial charge is 0.497 e. The van der Waals surface area contributed by atoms with Crippen LogP contribution < -0.4 is 4.74 Å². The summed E-state index contributed by atoms with van der Waals surface area (Å²) in [4.78, 5) is 0. The van der Waals surface area contributed by atoms with Crippen LogP contribution in [0.2, 0.25) is 0 Å². The summed E-state index contributed by atoms with van der Waals surface area (Å²) in [6.07, 6.45) is 6.58. The van der Waals surface area contributed by atoms with E-state index in [9.17, 15) is 10.2 Å². The summed E-state index contributed by atoms with van der Waals surface area (Å²) in [5, 5.41) is 21.9. The zero-order valence-electron chi connectivity index (χ0n) is 14.7. The molecule has 3 heteroatoms. The van der Waals surface area contributed by atoms with E-state index in [-0.39, 0.29) is 10.8 Å². The van der Waals surface area contributed by atoms with E-state index < -0.39 is 11.7 Å². The van der Waals surface area contributed by atoms with Crippen LogP contribution in [0.4, 0.5) is 0 Å². The highest BCUT2D eigenvalue weighted by Gasteiger charge is 2.76. The van der Waals surface area contributed by atoms with Gasteiger partial charge in [0.1, 0.15) is 5.75 Å². The van der Waals surface area contributed by atoms with Gasteiger partial charge in [-0.25, -0.2) is 0 Å². The van der Waals surface area contributed by atoms with E-state index in [1.54, 1.807) is 7.11 Å². The Balaban J connectivity index is 1.59. The molecule has 0 spiro atoms. The van der Waals surface area contributed by atoms with Crippen molar-refractivity contribution >= 4 is 0 Å². The van der Waals surface area contributed by atoms with Crippen molar-refractivity contribution in [3.63, 3.8) is 0 Å². The number of hydrogen-bond acceptors (Lipinski definition) is 3. The third-order valence-corrected chi connectivity index (χ3v) is 8.74. The lowest BCUT2D eigenvalue weighted by Crippen LogP contribution is -2.53. The van der Waals surface area contributed by atoms with Crippen LogP contribution in [0.5, 0.6) is 5.75 Å². The molecular formula is C21H28O3. The molecule has 1 aromatic rings. The Morgan fingerprint density at radius 1 is 1.17 bits per heavy atom. The van der Waals surface area contributed by atoms with Gasteiger partial charge in [0.05, 0.1) is 18.8 Å². The Bertz CT molecular complexity index is 700. The first kappa shape index (κ1) is 15.2. The molecule has 0 aliphatic heterocycles. The van der Waals surface area contributed by atoms with Gasteiger partial charge >= 0.3 is 0 Å². The fraction of sp³-hybridized carbons (Fsp3) is 0.714. The Hall–Kier alpha value is -1.06. The van der Waals surface area contributed by atoms with Crippen LogP contribution in [0.1, 0.15) is 62.5 Å². The third kappa shape index (κ3) is 1.48. The van der Waals surface area contributed by atoms with Gasteiger partial charge in [0.15, 0.2) is 0 Å². The second kappa shape index (κ2) is 4.56. The van der Waals surface area contributed by atoms with E-state index in [1.807, 2.05) is 0 Å². The predicted molar refractivity (Wildman–Crippen MR) is 92.1 cm³/mol. The smallest absolute Gasteiger partial charge is 0.119 e. The number of hydrogen-bond donors (Lipinski definition) is 2. The molecule has 130 valence electrons. The van der Waals surface area contributed by atoms with Crippen LogP contribution in [-0.4, -0.2) is 29.0 Å². The summed E-state index contributed by atoms with van der Waals surface area (Å²) in [6.45, 7) is 2.27. The second-order valence-electron chi connectivity index (χ2n) is 8.99. The molecule has 1 aromatic carbocycles. The van der Waals surface area contributed by atoms with Crippen LogP contribution in [0.15, 0.2) is 18.2 Å². The van der Waals surface area contributed by atoms with Crippen LogP contribution in [0.25, 0.3) is 0 Å². The predicted octanol–water partition coefficient (Wildman–Crippen LogP) is 3.42. The SMILES string of the molecule is COc1ccc2c(c1)CC[C@@H]1[C@@H]2CC[C@@]2(C)[C@]13CC[C@@]2(O)[C@H](O)C3. The fourth-order valence-electron chi connectivity index (χ4n) is 7.46. The van der Waals surface area contributed by atoms with Gasteiger partial charge in [0.25, 0.3) is 0 Å². The van der Waals surface area contributed by atoms with Crippen molar-refractivity contribution in [2.24, 2.45) is 16.7 Å². The maximum absolute atomic E-state index is 11.2. The summed E-state index contributed by atoms with van der Waals surface area (Å²) < 4.78 is 5.41. The molecule has 5 rings (SSSR count). The molecule has 0 heterocycles. The van der Waals surface area contributed by atoms with Crippen molar-refractivity contribution in [1.82, 2.24) is 0 Å². The van der Waals surface area contributed by atoms with Crippen molar-refractivity contribution < 1.29 is 14.9 Å². The van der Waals surface area contributed by atoms with Gasteiger partial charge in [-0.2, -0.15) is 0 Å². The lowest BCUT2D eigenvalue weighted by Gasteiger charge is -2.56. The van der Waals surface area contributed by atoms with Crippen molar-refractivity contribution in [3.05, 3.63) is 29.3 Å². The quantitative estimate of drug-likeness (QED) is 0.830. The Morgan fingerprint density at radius 3 is 2.75 bits per heavy atom. The maximum atomic E-state index is 11.2. The fourth-order valence-corrected chi connectivity index (χ4v) is 7.46. The van der Waals surface area contributed by atoms with Crippen LogP contribution >= 0.6 is 0 Å².